The van der Waals surface area contributed by atoms with E-state index in [1.165, 1.54) is 0 Å². The van der Waals surface area contributed by atoms with Gasteiger partial charge in [0.1, 0.15) is 0 Å². The normalized spacial score (nSPS) is 12.2. The summed E-state index contributed by atoms with van der Waals surface area (Å²) in [5.74, 6) is 0. The van der Waals surface area contributed by atoms with E-state index in [1.807, 2.05) is 0 Å². The van der Waals surface area contributed by atoms with Gasteiger partial charge in [-0.25, -0.2) is 8.78 Å². The predicted molar refractivity (Wildman–Crippen MR) is 49.8 cm³/mol. The fourth-order valence-corrected chi connectivity index (χ4v) is 1.85. The minimum absolute atomic E-state index is 0.255. The summed E-state index contributed by atoms with van der Waals surface area (Å²) in [6.45, 7) is -0.351. The van der Waals surface area contributed by atoms with Crippen LogP contribution in [0.4, 0.5) is 22.0 Å². The van der Waals surface area contributed by atoms with Crippen LogP contribution in [0.3, 0.4) is 0 Å². The Kier molecular flexibility index (Phi) is 3.84. The zero-order valence-corrected chi connectivity index (χ0v) is 9.24. The van der Waals surface area contributed by atoms with Crippen LogP contribution in [-0.4, -0.2) is 4.98 Å². The topological polar surface area (TPSA) is 38.9 Å². The third kappa shape index (κ3) is 2.49. The third-order valence-electron chi connectivity index (χ3n) is 1.85. The lowest BCUT2D eigenvalue weighted by molar-refractivity contribution is -0.138. The molecule has 0 aliphatic carbocycles. The number of nitrogens with zero attached hydrogens (tertiary/aromatic N) is 1. The number of pyridine rings is 1. The second kappa shape index (κ2) is 4.62. The van der Waals surface area contributed by atoms with E-state index in [-0.39, 0.29) is 12.2 Å². The van der Waals surface area contributed by atoms with Gasteiger partial charge >= 0.3 is 6.18 Å². The van der Waals surface area contributed by atoms with Crippen LogP contribution in [0.1, 0.15) is 23.2 Å². The van der Waals surface area contributed by atoms with E-state index in [2.05, 4.69) is 20.9 Å². The molecule has 0 aromatic carbocycles. The molecule has 16 heavy (non-hydrogen) atoms. The van der Waals surface area contributed by atoms with Gasteiger partial charge in [0.2, 0.25) is 0 Å². The van der Waals surface area contributed by atoms with Crippen molar-refractivity contribution in [3.8, 4) is 0 Å². The van der Waals surface area contributed by atoms with Gasteiger partial charge in [0.25, 0.3) is 6.43 Å². The number of hydrogen-bond donors (Lipinski definition) is 1. The summed E-state index contributed by atoms with van der Waals surface area (Å²) in [6, 6.07) is 0. The molecule has 0 spiro atoms. The van der Waals surface area contributed by atoms with Gasteiger partial charge in [0, 0.05) is 17.2 Å². The first kappa shape index (κ1) is 13.3. The van der Waals surface area contributed by atoms with Crippen LogP contribution >= 0.6 is 15.9 Å². The number of aromatic nitrogens is 1. The average molecular weight is 305 g/mol. The molecule has 2 N–H and O–H groups in total. The van der Waals surface area contributed by atoms with Gasteiger partial charge in [-0.3, -0.25) is 4.98 Å². The monoisotopic (exact) mass is 304 g/mol. The Morgan fingerprint density at radius 3 is 2.31 bits per heavy atom. The van der Waals surface area contributed by atoms with Crippen molar-refractivity contribution >= 4 is 15.9 Å². The van der Waals surface area contributed by atoms with E-state index in [0.29, 0.717) is 6.20 Å². The van der Waals surface area contributed by atoms with Crippen molar-refractivity contribution in [1.82, 2.24) is 4.98 Å². The molecule has 0 atom stereocenters. The highest BCUT2D eigenvalue weighted by molar-refractivity contribution is 9.10. The second-order valence-electron chi connectivity index (χ2n) is 2.85. The SMILES string of the molecule is NCc1ncc(C(F)(F)F)c(Br)c1C(F)F. The molecule has 0 unspecified atom stereocenters. The first-order valence-corrected chi connectivity index (χ1v) is 4.81. The van der Waals surface area contributed by atoms with Crippen molar-refractivity contribution in [1.29, 1.82) is 0 Å². The molecule has 90 valence electrons. The summed E-state index contributed by atoms with van der Waals surface area (Å²) >= 11 is 2.51. The highest BCUT2D eigenvalue weighted by Crippen LogP contribution is 2.39. The second-order valence-corrected chi connectivity index (χ2v) is 3.64. The highest BCUT2D eigenvalue weighted by Gasteiger charge is 2.36. The van der Waals surface area contributed by atoms with E-state index in [4.69, 9.17) is 5.73 Å². The molecule has 1 heterocycles. The van der Waals surface area contributed by atoms with Gasteiger partial charge in [-0.05, 0) is 15.9 Å². The number of nitrogens with two attached hydrogens (primary N) is 1. The number of alkyl halides is 5. The van der Waals surface area contributed by atoms with Crippen molar-refractivity contribution < 1.29 is 22.0 Å². The third-order valence-corrected chi connectivity index (χ3v) is 2.70. The van der Waals surface area contributed by atoms with Gasteiger partial charge in [0.05, 0.1) is 16.8 Å². The smallest absolute Gasteiger partial charge is 0.325 e. The minimum Gasteiger partial charge on any atom is -0.325 e. The fourth-order valence-electron chi connectivity index (χ4n) is 1.12. The standard InChI is InChI=1S/C8H6BrF5N2/c9-6-3(8(12,13)14)2-16-4(1-15)5(6)7(10)11/h2,7H,1,15H2. The lowest BCUT2D eigenvalue weighted by Crippen LogP contribution is -2.13. The molecule has 0 fully saturated rings. The van der Waals surface area contributed by atoms with E-state index < -0.39 is 28.2 Å². The number of rotatable bonds is 2. The highest BCUT2D eigenvalue weighted by atomic mass is 79.9. The summed E-state index contributed by atoms with van der Waals surface area (Å²) in [5, 5.41) is 0. The Labute approximate surface area is 95.8 Å². The summed E-state index contributed by atoms with van der Waals surface area (Å²) in [5.41, 5.74) is 2.82. The van der Waals surface area contributed by atoms with Crippen LogP contribution in [0.2, 0.25) is 0 Å². The Balaban J connectivity index is 3.44. The van der Waals surface area contributed by atoms with Crippen molar-refractivity contribution in [2.75, 3.05) is 0 Å². The van der Waals surface area contributed by atoms with Crippen molar-refractivity contribution in [3.63, 3.8) is 0 Å². The molecular weight excluding hydrogens is 299 g/mol. The van der Waals surface area contributed by atoms with Crippen LogP contribution in [0, 0.1) is 0 Å². The molecule has 0 saturated carbocycles. The lowest BCUT2D eigenvalue weighted by Gasteiger charge is -2.14. The zero-order valence-electron chi connectivity index (χ0n) is 7.65. The predicted octanol–water partition coefficient (Wildman–Crippen LogP) is 3.26. The van der Waals surface area contributed by atoms with Crippen LogP contribution in [0.5, 0.6) is 0 Å². The maximum atomic E-state index is 12.6. The Hall–Kier alpha value is -0.760. The first-order valence-electron chi connectivity index (χ1n) is 4.01. The van der Waals surface area contributed by atoms with Gasteiger partial charge in [-0.1, -0.05) is 0 Å². The molecule has 1 aromatic heterocycles. The summed E-state index contributed by atoms with van der Waals surface area (Å²) in [6.07, 6.45) is -7.32. The van der Waals surface area contributed by atoms with E-state index in [0.717, 1.165) is 0 Å². The molecule has 0 aliphatic heterocycles. The van der Waals surface area contributed by atoms with Gasteiger partial charge in [-0.2, -0.15) is 13.2 Å². The van der Waals surface area contributed by atoms with Crippen molar-refractivity contribution in [2.45, 2.75) is 19.1 Å². The fraction of sp³-hybridized carbons (Fsp3) is 0.375. The van der Waals surface area contributed by atoms with Gasteiger partial charge in [-0.15, -0.1) is 0 Å². The zero-order chi connectivity index (χ0) is 12.5. The van der Waals surface area contributed by atoms with Crippen LogP contribution < -0.4 is 5.73 Å². The van der Waals surface area contributed by atoms with E-state index >= 15 is 0 Å². The molecule has 0 amide bonds. The first-order chi connectivity index (χ1) is 7.29. The lowest BCUT2D eigenvalue weighted by atomic mass is 10.1. The summed E-state index contributed by atoms with van der Waals surface area (Å²) < 4.78 is 61.5. The molecular formula is C8H6BrF5N2. The molecule has 0 bridgehead atoms. The molecule has 2 nitrogen and oxygen atoms in total. The molecule has 1 aromatic rings. The Morgan fingerprint density at radius 1 is 1.38 bits per heavy atom. The molecule has 1 rings (SSSR count). The average Bonchev–Trinajstić information content (AvgIpc) is 2.14. The maximum absolute atomic E-state index is 12.6. The summed E-state index contributed by atoms with van der Waals surface area (Å²) in [4.78, 5) is 3.29. The number of halogens is 6. The molecule has 0 radical (unpaired) electrons. The largest absolute Gasteiger partial charge is 0.418 e. The van der Waals surface area contributed by atoms with Gasteiger partial charge < -0.3 is 5.73 Å². The van der Waals surface area contributed by atoms with Crippen LogP contribution in [0.15, 0.2) is 10.7 Å². The minimum atomic E-state index is -4.73. The number of hydrogen-bond acceptors (Lipinski definition) is 2. The van der Waals surface area contributed by atoms with Crippen molar-refractivity contribution in [2.24, 2.45) is 5.73 Å². The van der Waals surface area contributed by atoms with Crippen molar-refractivity contribution in [3.05, 3.63) is 27.5 Å². The molecule has 8 heteroatoms. The maximum Gasteiger partial charge on any atom is 0.418 e. The van der Waals surface area contributed by atoms with Crippen LogP contribution in [-0.2, 0) is 12.7 Å². The van der Waals surface area contributed by atoms with Crippen LogP contribution in [0.25, 0.3) is 0 Å². The summed E-state index contributed by atoms with van der Waals surface area (Å²) in [7, 11) is 0. The Morgan fingerprint density at radius 2 is 1.94 bits per heavy atom. The molecule has 0 aliphatic rings. The Bertz CT molecular complexity index is 391. The molecule has 0 saturated heterocycles. The van der Waals surface area contributed by atoms with E-state index in [1.54, 1.807) is 0 Å². The van der Waals surface area contributed by atoms with E-state index in [9.17, 15) is 22.0 Å². The quantitative estimate of drug-likeness (QED) is 0.852. The van der Waals surface area contributed by atoms with Gasteiger partial charge in [0.15, 0.2) is 0 Å².